The minimum atomic E-state index is -0.411. The van der Waals surface area contributed by atoms with Crippen molar-refractivity contribution in [1.82, 2.24) is 0 Å². The van der Waals surface area contributed by atoms with Crippen LogP contribution in [0.1, 0.15) is 15.9 Å². The van der Waals surface area contributed by atoms with Gasteiger partial charge in [-0.25, -0.2) is 0 Å². The van der Waals surface area contributed by atoms with E-state index in [0.29, 0.717) is 12.0 Å². The Hall–Kier alpha value is -2.29. The van der Waals surface area contributed by atoms with Gasteiger partial charge in [0.25, 0.3) is 0 Å². The maximum absolute atomic E-state index is 12.3. The van der Waals surface area contributed by atoms with E-state index in [4.69, 9.17) is 9.47 Å². The van der Waals surface area contributed by atoms with Crippen LogP contribution in [0.3, 0.4) is 0 Å². The van der Waals surface area contributed by atoms with E-state index in [0.717, 1.165) is 17.1 Å². The Morgan fingerprint density at radius 2 is 1.89 bits per heavy atom. The van der Waals surface area contributed by atoms with Crippen molar-refractivity contribution in [2.45, 2.75) is 12.5 Å². The van der Waals surface area contributed by atoms with Crippen molar-refractivity contribution in [1.29, 1.82) is 0 Å². The average Bonchev–Trinajstić information content (AvgIpc) is 2.90. The number of carbonyl (C=O) groups is 1. The van der Waals surface area contributed by atoms with Gasteiger partial charge < -0.3 is 9.47 Å². The van der Waals surface area contributed by atoms with Crippen LogP contribution in [0, 0.1) is 0 Å². The van der Waals surface area contributed by atoms with Crippen LogP contribution in [0.5, 0.6) is 11.5 Å². The topological polar surface area (TPSA) is 35.5 Å². The zero-order chi connectivity index (χ0) is 13.2. The third-order valence-electron chi connectivity index (χ3n) is 3.31. The Morgan fingerprint density at radius 1 is 1.16 bits per heavy atom. The van der Waals surface area contributed by atoms with Crippen molar-refractivity contribution in [2.24, 2.45) is 0 Å². The zero-order valence-electron chi connectivity index (χ0n) is 10.6. The molecule has 0 saturated carbocycles. The monoisotopic (exact) mass is 254 g/mol. The number of Topliss-reactive ketones (excluding diaryl/α,β-unsaturated/α-hetero) is 1. The van der Waals surface area contributed by atoms with Gasteiger partial charge in [-0.1, -0.05) is 18.2 Å². The molecule has 0 aliphatic carbocycles. The smallest absolute Gasteiger partial charge is 0.203 e. The van der Waals surface area contributed by atoms with Gasteiger partial charge in [0.2, 0.25) is 5.78 Å². The van der Waals surface area contributed by atoms with Gasteiger partial charge in [0.1, 0.15) is 11.5 Å². The molecule has 1 atom stereocenters. The molecule has 0 fully saturated rings. The van der Waals surface area contributed by atoms with Gasteiger partial charge in [-0.05, 0) is 35.9 Å². The summed E-state index contributed by atoms with van der Waals surface area (Å²) in [7, 11) is 1.60. The van der Waals surface area contributed by atoms with Gasteiger partial charge in [-0.15, -0.1) is 0 Å². The summed E-state index contributed by atoms with van der Waals surface area (Å²) < 4.78 is 10.8. The predicted octanol–water partition coefficient (Wildman–Crippen LogP) is 2.88. The van der Waals surface area contributed by atoms with Crippen LogP contribution in [0.2, 0.25) is 0 Å². The molecule has 0 amide bonds. The SMILES string of the molecule is COc1ccc(C(=O)[C@H]2Cc3ccccc3O2)cc1. The molecule has 0 saturated heterocycles. The molecule has 2 aromatic carbocycles. The predicted molar refractivity (Wildman–Crippen MR) is 71.9 cm³/mol. The molecule has 1 aliphatic rings. The van der Waals surface area contributed by atoms with Crippen LogP contribution in [-0.4, -0.2) is 19.0 Å². The molecule has 3 nitrogen and oxygen atoms in total. The van der Waals surface area contributed by atoms with E-state index in [1.54, 1.807) is 31.4 Å². The molecule has 0 spiro atoms. The third-order valence-corrected chi connectivity index (χ3v) is 3.31. The average molecular weight is 254 g/mol. The summed E-state index contributed by atoms with van der Waals surface area (Å²) in [5.74, 6) is 1.57. The van der Waals surface area contributed by atoms with Crippen LogP contribution >= 0.6 is 0 Å². The third kappa shape index (κ3) is 2.19. The zero-order valence-corrected chi connectivity index (χ0v) is 10.6. The van der Waals surface area contributed by atoms with Gasteiger partial charge in [0.15, 0.2) is 6.10 Å². The van der Waals surface area contributed by atoms with Crippen LogP contribution in [0.15, 0.2) is 48.5 Å². The minimum Gasteiger partial charge on any atom is -0.497 e. The lowest BCUT2D eigenvalue weighted by molar-refractivity contribution is 0.0824. The van der Waals surface area contributed by atoms with E-state index in [9.17, 15) is 4.79 Å². The molecule has 19 heavy (non-hydrogen) atoms. The first-order chi connectivity index (χ1) is 9.28. The van der Waals surface area contributed by atoms with E-state index in [2.05, 4.69) is 0 Å². The molecule has 3 rings (SSSR count). The standard InChI is InChI=1S/C16H14O3/c1-18-13-8-6-11(7-9-13)16(17)15-10-12-4-2-3-5-14(12)19-15/h2-9,15H,10H2,1H3/t15-/m1/s1. The number of methoxy groups -OCH3 is 1. The molecule has 96 valence electrons. The van der Waals surface area contributed by atoms with Crippen molar-refractivity contribution in [3.05, 3.63) is 59.7 Å². The Balaban J connectivity index is 1.79. The van der Waals surface area contributed by atoms with E-state index in [1.807, 2.05) is 24.3 Å². The summed E-state index contributed by atoms with van der Waals surface area (Å²) in [5.41, 5.74) is 1.74. The van der Waals surface area contributed by atoms with E-state index >= 15 is 0 Å². The first-order valence-corrected chi connectivity index (χ1v) is 6.21. The molecular weight excluding hydrogens is 240 g/mol. The quantitative estimate of drug-likeness (QED) is 0.790. The number of benzene rings is 2. The summed E-state index contributed by atoms with van der Waals surface area (Å²) in [6.07, 6.45) is 0.229. The number of fused-ring (bicyclic) bond motifs is 1. The number of hydrogen-bond donors (Lipinski definition) is 0. The fourth-order valence-electron chi connectivity index (χ4n) is 2.27. The molecule has 1 heterocycles. The van der Waals surface area contributed by atoms with E-state index in [-0.39, 0.29) is 5.78 Å². The fourth-order valence-corrected chi connectivity index (χ4v) is 2.27. The van der Waals surface area contributed by atoms with Gasteiger partial charge >= 0.3 is 0 Å². The molecular formula is C16H14O3. The number of carbonyl (C=O) groups excluding carboxylic acids is 1. The second kappa shape index (κ2) is 4.76. The van der Waals surface area contributed by atoms with E-state index in [1.165, 1.54) is 0 Å². The minimum absolute atomic E-state index is 0.0128. The van der Waals surface area contributed by atoms with Crippen molar-refractivity contribution in [3.8, 4) is 11.5 Å². The molecule has 0 aromatic heterocycles. The van der Waals surface area contributed by atoms with Gasteiger partial charge in [0.05, 0.1) is 7.11 Å². The van der Waals surface area contributed by atoms with Crippen LogP contribution < -0.4 is 9.47 Å². The highest BCUT2D eigenvalue weighted by Crippen LogP contribution is 2.29. The highest BCUT2D eigenvalue weighted by atomic mass is 16.5. The normalized spacial score (nSPS) is 16.6. The Morgan fingerprint density at radius 3 is 2.58 bits per heavy atom. The number of ketones is 1. The first-order valence-electron chi connectivity index (χ1n) is 6.21. The maximum atomic E-state index is 12.3. The van der Waals surface area contributed by atoms with Gasteiger partial charge in [-0.2, -0.15) is 0 Å². The summed E-state index contributed by atoms with van der Waals surface area (Å²) in [6, 6.07) is 14.9. The summed E-state index contributed by atoms with van der Waals surface area (Å²) in [5, 5.41) is 0. The van der Waals surface area contributed by atoms with Crippen LogP contribution in [0.25, 0.3) is 0 Å². The lowest BCUT2D eigenvalue weighted by Gasteiger charge is -2.09. The Bertz CT molecular complexity index is 577. The largest absolute Gasteiger partial charge is 0.497 e. The molecule has 3 heteroatoms. The first kappa shape index (κ1) is 11.8. The maximum Gasteiger partial charge on any atom is 0.203 e. The lowest BCUT2D eigenvalue weighted by Crippen LogP contribution is -2.25. The summed E-state index contributed by atoms with van der Waals surface area (Å²) >= 11 is 0. The van der Waals surface area contributed by atoms with Crippen LogP contribution in [0.4, 0.5) is 0 Å². The van der Waals surface area contributed by atoms with Crippen LogP contribution in [-0.2, 0) is 6.42 Å². The highest BCUT2D eigenvalue weighted by molar-refractivity contribution is 6.00. The molecule has 0 N–H and O–H groups in total. The molecule has 0 unspecified atom stereocenters. The molecule has 2 aromatic rings. The lowest BCUT2D eigenvalue weighted by atomic mass is 10.0. The molecule has 1 aliphatic heterocycles. The summed E-state index contributed by atoms with van der Waals surface area (Å²) in [4.78, 5) is 12.3. The number of rotatable bonds is 3. The number of hydrogen-bond acceptors (Lipinski definition) is 3. The van der Waals surface area contributed by atoms with Crippen molar-refractivity contribution >= 4 is 5.78 Å². The van der Waals surface area contributed by atoms with Crippen molar-refractivity contribution in [2.75, 3.05) is 7.11 Å². The summed E-state index contributed by atoms with van der Waals surface area (Å²) in [6.45, 7) is 0. The van der Waals surface area contributed by atoms with Crippen molar-refractivity contribution < 1.29 is 14.3 Å². The number of para-hydroxylation sites is 1. The Kier molecular flexibility index (Phi) is 2.95. The van der Waals surface area contributed by atoms with Gasteiger partial charge in [-0.3, -0.25) is 4.79 Å². The second-order valence-electron chi connectivity index (χ2n) is 4.51. The van der Waals surface area contributed by atoms with Crippen molar-refractivity contribution in [3.63, 3.8) is 0 Å². The van der Waals surface area contributed by atoms with E-state index < -0.39 is 6.10 Å². The molecule has 0 bridgehead atoms. The number of ether oxygens (including phenoxy) is 2. The highest BCUT2D eigenvalue weighted by Gasteiger charge is 2.29. The Labute approximate surface area is 111 Å². The second-order valence-corrected chi connectivity index (χ2v) is 4.51. The fraction of sp³-hybridized carbons (Fsp3) is 0.188. The molecule has 0 radical (unpaired) electrons. The van der Waals surface area contributed by atoms with Gasteiger partial charge in [0, 0.05) is 12.0 Å².